The van der Waals surface area contributed by atoms with Crippen LogP contribution in [-0.4, -0.2) is 31.3 Å². The molecule has 106 valence electrons. The number of rotatable bonds is 4. The number of hydrogen-bond donors (Lipinski definition) is 1. The van der Waals surface area contributed by atoms with Crippen LogP contribution in [0.25, 0.3) is 21.5 Å². The monoisotopic (exact) mass is 300 g/mol. The molecule has 2 heterocycles. The molecule has 4 rings (SSSR count). The Morgan fingerprint density at radius 2 is 2.19 bits per heavy atom. The zero-order chi connectivity index (χ0) is 14.4. The molecule has 1 N–H and O–H groups in total. The van der Waals surface area contributed by atoms with Crippen molar-refractivity contribution < 1.29 is 9.90 Å². The van der Waals surface area contributed by atoms with Crippen molar-refractivity contribution in [3.63, 3.8) is 0 Å². The van der Waals surface area contributed by atoms with Crippen LogP contribution in [0.2, 0.25) is 0 Å². The zero-order valence-corrected chi connectivity index (χ0v) is 11.9. The topological polar surface area (TPSA) is 80.9 Å². The summed E-state index contributed by atoms with van der Waals surface area (Å²) in [4.78, 5) is 11.3. The Morgan fingerprint density at radius 1 is 1.38 bits per heavy atom. The second-order valence-electron chi connectivity index (χ2n) is 5.39. The van der Waals surface area contributed by atoms with E-state index >= 15 is 0 Å². The van der Waals surface area contributed by atoms with Gasteiger partial charge in [-0.3, -0.25) is 4.79 Å². The Kier molecular flexibility index (Phi) is 2.58. The molecule has 0 bridgehead atoms. The molecular weight excluding hydrogens is 288 g/mol. The van der Waals surface area contributed by atoms with Crippen molar-refractivity contribution in [2.45, 2.75) is 19.4 Å². The molecule has 6 nitrogen and oxygen atoms in total. The Labute approximate surface area is 124 Å². The number of tetrazole rings is 1. The fourth-order valence-electron chi connectivity index (χ4n) is 2.53. The molecule has 1 saturated carbocycles. The van der Waals surface area contributed by atoms with Crippen molar-refractivity contribution >= 4 is 27.4 Å². The van der Waals surface area contributed by atoms with Crippen LogP contribution in [0.4, 0.5) is 0 Å². The number of aromatic nitrogens is 4. The lowest BCUT2D eigenvalue weighted by molar-refractivity contribution is -0.144. The summed E-state index contributed by atoms with van der Waals surface area (Å²) in [6.45, 7) is 0.328. The predicted octanol–water partition coefficient (Wildman–Crippen LogP) is 2.42. The maximum atomic E-state index is 11.3. The molecule has 1 fully saturated rings. The number of benzene rings is 1. The molecule has 1 aliphatic carbocycles. The molecule has 21 heavy (non-hydrogen) atoms. The van der Waals surface area contributed by atoms with E-state index in [1.54, 1.807) is 16.0 Å². The van der Waals surface area contributed by atoms with Gasteiger partial charge in [-0.15, -0.1) is 16.4 Å². The van der Waals surface area contributed by atoms with E-state index in [1.807, 2.05) is 23.6 Å². The predicted molar refractivity (Wildman–Crippen MR) is 77.9 cm³/mol. The summed E-state index contributed by atoms with van der Waals surface area (Å²) in [7, 11) is 0. The summed E-state index contributed by atoms with van der Waals surface area (Å²) in [6, 6.07) is 8.06. The van der Waals surface area contributed by atoms with Crippen LogP contribution in [0.5, 0.6) is 0 Å². The largest absolute Gasteiger partial charge is 0.481 e. The maximum Gasteiger partial charge on any atom is 0.311 e. The molecule has 0 atom stereocenters. The second-order valence-corrected chi connectivity index (χ2v) is 6.30. The lowest BCUT2D eigenvalue weighted by Crippen LogP contribution is -2.22. The normalized spacial score (nSPS) is 16.2. The first-order valence-corrected chi connectivity index (χ1v) is 7.54. The van der Waals surface area contributed by atoms with Crippen molar-refractivity contribution in [1.82, 2.24) is 20.2 Å². The van der Waals surface area contributed by atoms with Crippen LogP contribution in [0.3, 0.4) is 0 Å². The number of hydrogen-bond acceptors (Lipinski definition) is 5. The number of carboxylic acids is 1. The van der Waals surface area contributed by atoms with E-state index in [1.165, 1.54) is 4.70 Å². The third kappa shape index (κ3) is 1.92. The first-order chi connectivity index (χ1) is 10.2. The van der Waals surface area contributed by atoms with E-state index in [2.05, 4.69) is 21.6 Å². The molecule has 3 aromatic rings. The zero-order valence-electron chi connectivity index (χ0n) is 11.1. The van der Waals surface area contributed by atoms with Crippen LogP contribution >= 0.6 is 11.3 Å². The van der Waals surface area contributed by atoms with Gasteiger partial charge in [0.1, 0.15) is 0 Å². The van der Waals surface area contributed by atoms with Gasteiger partial charge in [-0.05, 0) is 29.3 Å². The summed E-state index contributed by atoms with van der Waals surface area (Å²) in [5, 5.41) is 24.2. The van der Waals surface area contributed by atoms with E-state index in [4.69, 9.17) is 0 Å². The summed E-state index contributed by atoms with van der Waals surface area (Å²) in [5.74, 6) is -0.126. The summed E-state index contributed by atoms with van der Waals surface area (Å²) in [5.41, 5.74) is 0.275. The van der Waals surface area contributed by atoms with Crippen LogP contribution in [-0.2, 0) is 11.3 Å². The van der Waals surface area contributed by atoms with Crippen LogP contribution < -0.4 is 0 Å². The minimum absolute atomic E-state index is 0.328. The third-order valence-corrected chi connectivity index (χ3v) is 4.98. The molecule has 0 amide bonds. The highest BCUT2D eigenvalue weighted by Gasteiger charge is 2.51. The lowest BCUT2D eigenvalue weighted by atomic mass is 10.1. The summed E-state index contributed by atoms with van der Waals surface area (Å²) >= 11 is 1.64. The fraction of sp³-hybridized carbons (Fsp3) is 0.286. The van der Waals surface area contributed by atoms with Gasteiger partial charge in [0.15, 0.2) is 5.82 Å². The van der Waals surface area contributed by atoms with E-state index < -0.39 is 11.4 Å². The molecule has 0 spiro atoms. The van der Waals surface area contributed by atoms with E-state index in [9.17, 15) is 9.90 Å². The third-order valence-electron chi connectivity index (χ3n) is 4.01. The number of nitrogens with zero attached hydrogens (tertiary/aromatic N) is 4. The second kappa shape index (κ2) is 4.36. The lowest BCUT2D eigenvalue weighted by Gasteiger charge is -2.10. The Balaban J connectivity index is 1.77. The highest BCUT2D eigenvalue weighted by atomic mass is 32.1. The SMILES string of the molecule is O=C(O)C1(Cn2nnnc2-c2csc3ccccc23)CC1. The number of fused-ring (bicyclic) bond motifs is 1. The highest BCUT2D eigenvalue weighted by Crippen LogP contribution is 2.47. The standard InChI is InChI=1S/C14H12N4O2S/c19-13(20)14(5-6-14)8-18-12(15-16-17-18)10-7-21-11-4-2-1-3-9(10)11/h1-4,7H,5-6,8H2,(H,19,20). The molecule has 0 aliphatic heterocycles. The van der Waals surface area contributed by atoms with E-state index in [0.29, 0.717) is 25.2 Å². The average molecular weight is 300 g/mol. The molecular formula is C14H12N4O2S. The summed E-state index contributed by atoms with van der Waals surface area (Å²) < 4.78 is 2.79. The average Bonchev–Trinajstić information content (AvgIpc) is 2.94. The van der Waals surface area contributed by atoms with E-state index in [-0.39, 0.29) is 0 Å². The van der Waals surface area contributed by atoms with Crippen molar-refractivity contribution in [3.8, 4) is 11.4 Å². The Morgan fingerprint density at radius 3 is 2.95 bits per heavy atom. The minimum atomic E-state index is -0.765. The Bertz CT molecular complexity index is 834. The van der Waals surface area contributed by atoms with E-state index in [0.717, 1.165) is 10.9 Å². The molecule has 1 aromatic carbocycles. The molecule has 0 unspecified atom stereocenters. The molecule has 0 saturated heterocycles. The molecule has 0 radical (unpaired) electrons. The smallest absolute Gasteiger partial charge is 0.311 e. The van der Waals surface area contributed by atoms with Crippen molar-refractivity contribution in [3.05, 3.63) is 29.6 Å². The van der Waals surface area contributed by atoms with Gasteiger partial charge < -0.3 is 5.11 Å². The van der Waals surface area contributed by atoms with Crippen molar-refractivity contribution in [2.24, 2.45) is 5.41 Å². The number of carboxylic acid groups (broad SMARTS) is 1. The number of aliphatic carboxylic acids is 1. The van der Waals surface area contributed by atoms with Gasteiger partial charge in [-0.1, -0.05) is 18.2 Å². The van der Waals surface area contributed by atoms with Crippen LogP contribution in [0, 0.1) is 5.41 Å². The quantitative estimate of drug-likeness (QED) is 0.800. The van der Waals surface area contributed by atoms with Gasteiger partial charge in [0.05, 0.1) is 12.0 Å². The first-order valence-electron chi connectivity index (χ1n) is 6.66. The maximum absolute atomic E-state index is 11.3. The molecule has 2 aromatic heterocycles. The van der Waals surface area contributed by atoms with Gasteiger partial charge in [0.2, 0.25) is 0 Å². The molecule has 1 aliphatic rings. The Hall–Kier alpha value is -2.28. The fourth-order valence-corrected chi connectivity index (χ4v) is 3.47. The number of thiophene rings is 1. The highest BCUT2D eigenvalue weighted by molar-refractivity contribution is 7.17. The van der Waals surface area contributed by atoms with Crippen LogP contribution in [0.15, 0.2) is 29.6 Å². The van der Waals surface area contributed by atoms with Gasteiger partial charge >= 0.3 is 5.97 Å². The van der Waals surface area contributed by atoms with Crippen molar-refractivity contribution in [1.29, 1.82) is 0 Å². The van der Waals surface area contributed by atoms with Crippen molar-refractivity contribution in [2.75, 3.05) is 0 Å². The van der Waals surface area contributed by atoms with Gasteiger partial charge in [0, 0.05) is 21.0 Å². The first kappa shape index (κ1) is 12.5. The molecule has 7 heteroatoms. The minimum Gasteiger partial charge on any atom is -0.481 e. The van der Waals surface area contributed by atoms with Gasteiger partial charge in [0.25, 0.3) is 0 Å². The van der Waals surface area contributed by atoms with Gasteiger partial charge in [-0.25, -0.2) is 4.68 Å². The number of carbonyl (C=O) groups is 1. The summed E-state index contributed by atoms with van der Waals surface area (Å²) in [6.07, 6.45) is 1.37. The van der Waals surface area contributed by atoms with Gasteiger partial charge in [-0.2, -0.15) is 0 Å². The van der Waals surface area contributed by atoms with Crippen LogP contribution in [0.1, 0.15) is 12.8 Å².